The minimum absolute atomic E-state index is 0.506. The standard InChI is InChI=1S/C14H13NO2/c15-14(13(16)17,11-7-3-1-4-8-11)12-9-5-2-6-10-12/h1-10H,15H2,(H,16,17)/p-1. The molecule has 2 aromatic rings. The van der Waals surface area contributed by atoms with Crippen LogP contribution in [0, 0.1) is 0 Å². The lowest BCUT2D eigenvalue weighted by Gasteiger charge is -2.31. The van der Waals surface area contributed by atoms with Crippen LogP contribution in [0.4, 0.5) is 0 Å². The average Bonchev–Trinajstić information content (AvgIpc) is 2.39. The highest BCUT2D eigenvalue weighted by Gasteiger charge is 2.30. The first-order valence-electron chi connectivity index (χ1n) is 5.27. The molecule has 0 heterocycles. The van der Waals surface area contributed by atoms with E-state index in [9.17, 15) is 9.90 Å². The van der Waals surface area contributed by atoms with Crippen molar-refractivity contribution < 1.29 is 9.90 Å². The Morgan fingerprint density at radius 3 is 1.53 bits per heavy atom. The fourth-order valence-electron chi connectivity index (χ4n) is 1.80. The number of hydrogen-bond donors (Lipinski definition) is 1. The number of carbonyl (C=O) groups is 1. The van der Waals surface area contributed by atoms with E-state index < -0.39 is 11.5 Å². The Morgan fingerprint density at radius 1 is 0.882 bits per heavy atom. The van der Waals surface area contributed by atoms with Crippen LogP contribution < -0.4 is 10.8 Å². The summed E-state index contributed by atoms with van der Waals surface area (Å²) in [6, 6.07) is 17.4. The molecule has 0 aromatic heterocycles. The molecule has 0 saturated heterocycles. The summed E-state index contributed by atoms with van der Waals surface area (Å²) in [5, 5.41) is 11.4. The minimum Gasteiger partial charge on any atom is -0.547 e. The van der Waals surface area contributed by atoms with Crippen molar-refractivity contribution in [1.82, 2.24) is 0 Å². The second-order valence-electron chi connectivity index (χ2n) is 3.83. The molecular formula is C14H12NO2-. The molecular weight excluding hydrogens is 214 g/mol. The molecule has 0 bridgehead atoms. The molecule has 0 aliphatic carbocycles. The number of carboxylic acid groups (broad SMARTS) is 1. The van der Waals surface area contributed by atoms with E-state index in [2.05, 4.69) is 0 Å². The van der Waals surface area contributed by atoms with Gasteiger partial charge in [0, 0.05) is 0 Å². The maximum atomic E-state index is 11.4. The molecule has 0 saturated carbocycles. The molecule has 2 rings (SSSR count). The van der Waals surface area contributed by atoms with Crippen molar-refractivity contribution in [2.45, 2.75) is 5.54 Å². The second-order valence-corrected chi connectivity index (χ2v) is 3.83. The smallest absolute Gasteiger partial charge is 0.107 e. The first-order chi connectivity index (χ1) is 8.15. The molecule has 0 aliphatic rings. The molecule has 17 heavy (non-hydrogen) atoms. The van der Waals surface area contributed by atoms with Crippen molar-refractivity contribution in [3.8, 4) is 0 Å². The highest BCUT2D eigenvalue weighted by atomic mass is 16.4. The van der Waals surface area contributed by atoms with Gasteiger partial charge in [-0.25, -0.2) is 0 Å². The maximum absolute atomic E-state index is 11.4. The number of benzene rings is 2. The number of carbonyl (C=O) groups excluding carboxylic acids is 1. The van der Waals surface area contributed by atoms with Crippen LogP contribution in [0.25, 0.3) is 0 Å². The number of aliphatic carboxylic acids is 1. The van der Waals surface area contributed by atoms with Crippen LogP contribution in [-0.4, -0.2) is 5.97 Å². The van der Waals surface area contributed by atoms with E-state index in [0.29, 0.717) is 11.1 Å². The van der Waals surface area contributed by atoms with Crippen LogP contribution >= 0.6 is 0 Å². The zero-order valence-corrected chi connectivity index (χ0v) is 9.17. The topological polar surface area (TPSA) is 66.2 Å². The zero-order valence-electron chi connectivity index (χ0n) is 9.17. The van der Waals surface area contributed by atoms with E-state index in [0.717, 1.165) is 0 Å². The van der Waals surface area contributed by atoms with Crippen LogP contribution in [0.1, 0.15) is 11.1 Å². The summed E-state index contributed by atoms with van der Waals surface area (Å²) in [5.41, 5.74) is 5.42. The summed E-state index contributed by atoms with van der Waals surface area (Å²) >= 11 is 0. The molecule has 0 amide bonds. The van der Waals surface area contributed by atoms with Gasteiger partial charge in [0.05, 0.1) is 5.97 Å². The van der Waals surface area contributed by atoms with Gasteiger partial charge in [0.1, 0.15) is 5.54 Å². The fourth-order valence-corrected chi connectivity index (χ4v) is 1.80. The molecule has 0 radical (unpaired) electrons. The molecule has 0 spiro atoms. The van der Waals surface area contributed by atoms with Gasteiger partial charge in [0.2, 0.25) is 0 Å². The van der Waals surface area contributed by atoms with Crippen molar-refractivity contribution in [2.24, 2.45) is 5.73 Å². The van der Waals surface area contributed by atoms with Gasteiger partial charge < -0.3 is 15.6 Å². The zero-order chi connectivity index (χ0) is 12.3. The number of carboxylic acids is 1. The summed E-state index contributed by atoms with van der Waals surface area (Å²) in [7, 11) is 0. The van der Waals surface area contributed by atoms with Crippen molar-refractivity contribution in [3.63, 3.8) is 0 Å². The molecule has 0 aliphatic heterocycles. The van der Waals surface area contributed by atoms with Crippen molar-refractivity contribution in [3.05, 3.63) is 71.8 Å². The summed E-state index contributed by atoms with van der Waals surface area (Å²) in [4.78, 5) is 11.4. The number of nitrogens with two attached hydrogens (primary N) is 1. The molecule has 2 N–H and O–H groups in total. The Labute approximate surface area is 99.5 Å². The summed E-state index contributed by atoms with van der Waals surface area (Å²) in [5.74, 6) is -1.31. The van der Waals surface area contributed by atoms with Crippen LogP contribution in [-0.2, 0) is 10.3 Å². The quantitative estimate of drug-likeness (QED) is 0.835. The van der Waals surface area contributed by atoms with Gasteiger partial charge in [-0.2, -0.15) is 0 Å². The van der Waals surface area contributed by atoms with Crippen LogP contribution in [0.3, 0.4) is 0 Å². The molecule has 0 fully saturated rings. The van der Waals surface area contributed by atoms with E-state index in [1.54, 1.807) is 48.5 Å². The highest BCUT2D eigenvalue weighted by molar-refractivity contribution is 5.83. The Kier molecular flexibility index (Phi) is 2.93. The van der Waals surface area contributed by atoms with Gasteiger partial charge in [0.25, 0.3) is 0 Å². The third-order valence-electron chi connectivity index (χ3n) is 2.78. The number of rotatable bonds is 3. The highest BCUT2D eigenvalue weighted by Crippen LogP contribution is 2.26. The predicted molar refractivity (Wildman–Crippen MR) is 62.9 cm³/mol. The normalized spacial score (nSPS) is 11.1. The lowest BCUT2D eigenvalue weighted by atomic mass is 9.84. The average molecular weight is 226 g/mol. The Morgan fingerprint density at radius 2 is 1.24 bits per heavy atom. The van der Waals surface area contributed by atoms with E-state index in [1.807, 2.05) is 12.1 Å². The Bertz CT molecular complexity index is 469. The third-order valence-corrected chi connectivity index (χ3v) is 2.78. The lowest BCUT2D eigenvalue weighted by molar-refractivity contribution is -0.312. The van der Waals surface area contributed by atoms with E-state index in [-0.39, 0.29) is 0 Å². The van der Waals surface area contributed by atoms with Gasteiger partial charge in [0.15, 0.2) is 0 Å². The van der Waals surface area contributed by atoms with Gasteiger partial charge in [-0.15, -0.1) is 0 Å². The summed E-state index contributed by atoms with van der Waals surface area (Å²) < 4.78 is 0. The minimum atomic E-state index is -1.61. The largest absolute Gasteiger partial charge is 0.547 e. The van der Waals surface area contributed by atoms with Crippen molar-refractivity contribution >= 4 is 5.97 Å². The summed E-state index contributed by atoms with van der Waals surface area (Å²) in [6.45, 7) is 0. The van der Waals surface area contributed by atoms with E-state index >= 15 is 0 Å². The first-order valence-corrected chi connectivity index (χ1v) is 5.27. The lowest BCUT2D eigenvalue weighted by Crippen LogP contribution is -2.53. The SMILES string of the molecule is NC(C(=O)[O-])(c1ccccc1)c1ccccc1. The van der Waals surface area contributed by atoms with Crippen molar-refractivity contribution in [1.29, 1.82) is 0 Å². The summed E-state index contributed by atoms with van der Waals surface area (Å²) in [6.07, 6.45) is 0. The maximum Gasteiger partial charge on any atom is 0.107 e. The molecule has 3 nitrogen and oxygen atoms in total. The Hall–Kier alpha value is -2.13. The monoisotopic (exact) mass is 226 g/mol. The van der Waals surface area contributed by atoms with Gasteiger partial charge in [-0.3, -0.25) is 0 Å². The fraction of sp³-hybridized carbons (Fsp3) is 0.0714. The Balaban J connectivity index is 2.59. The predicted octanol–water partition coefficient (Wildman–Crippen LogP) is 0.639. The van der Waals surface area contributed by atoms with Crippen molar-refractivity contribution in [2.75, 3.05) is 0 Å². The second kappa shape index (κ2) is 4.39. The molecule has 2 aromatic carbocycles. The number of hydrogen-bond acceptors (Lipinski definition) is 3. The van der Waals surface area contributed by atoms with E-state index in [4.69, 9.17) is 5.73 Å². The van der Waals surface area contributed by atoms with Gasteiger partial charge in [-0.1, -0.05) is 60.7 Å². The molecule has 0 unspecified atom stereocenters. The molecule has 3 heteroatoms. The van der Waals surface area contributed by atoms with E-state index in [1.165, 1.54) is 0 Å². The van der Waals surface area contributed by atoms with Gasteiger partial charge in [-0.05, 0) is 11.1 Å². The molecule has 86 valence electrons. The van der Waals surface area contributed by atoms with Crippen LogP contribution in [0.5, 0.6) is 0 Å². The third kappa shape index (κ3) is 1.92. The van der Waals surface area contributed by atoms with Gasteiger partial charge >= 0.3 is 0 Å². The first kappa shape index (κ1) is 11.4. The molecule has 0 atom stereocenters. The van der Waals surface area contributed by atoms with Crippen LogP contribution in [0.15, 0.2) is 60.7 Å². The van der Waals surface area contributed by atoms with Crippen LogP contribution in [0.2, 0.25) is 0 Å².